The molecule has 0 unspecified atom stereocenters. The van der Waals surface area contributed by atoms with Gasteiger partial charge in [0.05, 0.1) is 4.92 Å². The molecule has 1 amide bonds. The zero-order chi connectivity index (χ0) is 13.4. The second-order valence-electron chi connectivity index (χ2n) is 3.85. The Morgan fingerprint density at radius 1 is 1.28 bits per heavy atom. The van der Waals surface area contributed by atoms with Crippen LogP contribution in [0.5, 0.6) is 0 Å². The van der Waals surface area contributed by atoms with Crippen LogP contribution in [-0.2, 0) is 11.3 Å². The minimum Gasteiger partial charge on any atom is -0.352 e. The van der Waals surface area contributed by atoms with Gasteiger partial charge in [-0.25, -0.2) is 0 Å². The van der Waals surface area contributed by atoms with E-state index < -0.39 is 4.92 Å². The fourth-order valence-electron chi connectivity index (χ4n) is 1.40. The summed E-state index contributed by atoms with van der Waals surface area (Å²) in [6, 6.07) is 6.17. The molecule has 6 heteroatoms. The van der Waals surface area contributed by atoms with Crippen LogP contribution in [-0.4, -0.2) is 16.2 Å². The molecule has 1 N–H and O–H groups in total. The van der Waals surface area contributed by atoms with Gasteiger partial charge >= 0.3 is 0 Å². The lowest BCUT2D eigenvalue weighted by Crippen LogP contribution is -2.22. The number of carbonyl (C=O) groups excluding carboxylic acids is 1. The second kappa shape index (κ2) is 7.81. The molecule has 0 saturated heterocycles. The van der Waals surface area contributed by atoms with Crippen LogP contribution >= 0.6 is 15.9 Å². The summed E-state index contributed by atoms with van der Waals surface area (Å²) in [6.07, 6.45) is 2.35. The highest BCUT2D eigenvalue weighted by Gasteiger charge is 2.05. The maximum Gasteiger partial charge on any atom is 0.269 e. The van der Waals surface area contributed by atoms with Gasteiger partial charge in [-0.3, -0.25) is 14.9 Å². The van der Waals surface area contributed by atoms with E-state index >= 15 is 0 Å². The van der Waals surface area contributed by atoms with Gasteiger partial charge < -0.3 is 5.32 Å². The lowest BCUT2D eigenvalue weighted by Gasteiger charge is -2.04. The first-order valence-electron chi connectivity index (χ1n) is 5.69. The summed E-state index contributed by atoms with van der Waals surface area (Å²) < 4.78 is 0. The summed E-state index contributed by atoms with van der Waals surface area (Å²) >= 11 is 3.31. The predicted octanol–water partition coefficient (Wildman–Crippen LogP) is 2.78. The molecule has 18 heavy (non-hydrogen) atoms. The van der Waals surface area contributed by atoms with Gasteiger partial charge in [-0.2, -0.15) is 0 Å². The molecule has 5 nitrogen and oxygen atoms in total. The maximum absolute atomic E-state index is 11.4. The van der Waals surface area contributed by atoms with Crippen LogP contribution in [0.25, 0.3) is 0 Å². The molecule has 0 aliphatic carbocycles. The first-order valence-corrected chi connectivity index (χ1v) is 6.81. The average molecular weight is 315 g/mol. The van der Waals surface area contributed by atoms with E-state index in [9.17, 15) is 14.9 Å². The molecule has 0 aromatic heterocycles. The van der Waals surface area contributed by atoms with E-state index in [4.69, 9.17) is 0 Å². The van der Waals surface area contributed by atoms with E-state index in [0.717, 1.165) is 23.7 Å². The summed E-state index contributed by atoms with van der Waals surface area (Å²) in [7, 11) is 0. The Kier molecular flexibility index (Phi) is 6.35. The molecular weight excluding hydrogens is 300 g/mol. The molecule has 0 aliphatic rings. The van der Waals surface area contributed by atoms with Crippen LogP contribution in [0.3, 0.4) is 0 Å². The topological polar surface area (TPSA) is 72.2 Å². The summed E-state index contributed by atoms with van der Waals surface area (Å²) in [5.74, 6) is 0.00861. The Labute approximate surface area is 114 Å². The van der Waals surface area contributed by atoms with Crippen molar-refractivity contribution in [3.8, 4) is 0 Å². The number of nitro groups is 1. The van der Waals surface area contributed by atoms with Crippen LogP contribution in [0.4, 0.5) is 5.69 Å². The number of nitro benzene ring substituents is 1. The van der Waals surface area contributed by atoms with Crippen molar-refractivity contribution in [1.82, 2.24) is 5.32 Å². The molecule has 0 spiro atoms. The quantitative estimate of drug-likeness (QED) is 0.364. The van der Waals surface area contributed by atoms with Crippen molar-refractivity contribution in [1.29, 1.82) is 0 Å². The molecule has 0 heterocycles. The molecule has 1 aromatic carbocycles. The van der Waals surface area contributed by atoms with Crippen LogP contribution in [0.15, 0.2) is 24.3 Å². The third kappa shape index (κ3) is 5.27. The van der Waals surface area contributed by atoms with Crippen molar-refractivity contribution in [3.05, 3.63) is 39.9 Å². The van der Waals surface area contributed by atoms with Gasteiger partial charge in [0.25, 0.3) is 5.69 Å². The van der Waals surface area contributed by atoms with E-state index in [1.165, 1.54) is 12.1 Å². The van der Waals surface area contributed by atoms with Crippen molar-refractivity contribution >= 4 is 27.5 Å². The van der Waals surface area contributed by atoms with Crippen LogP contribution in [0.1, 0.15) is 24.8 Å². The van der Waals surface area contributed by atoms with Crippen LogP contribution in [0.2, 0.25) is 0 Å². The van der Waals surface area contributed by atoms with Crippen molar-refractivity contribution < 1.29 is 9.72 Å². The summed E-state index contributed by atoms with van der Waals surface area (Å²) in [5.41, 5.74) is 0.914. The highest BCUT2D eigenvalue weighted by atomic mass is 79.9. The minimum atomic E-state index is -0.442. The average Bonchev–Trinajstić information content (AvgIpc) is 2.37. The Balaban J connectivity index is 2.34. The van der Waals surface area contributed by atoms with Crippen molar-refractivity contribution in [2.24, 2.45) is 0 Å². The van der Waals surface area contributed by atoms with E-state index in [-0.39, 0.29) is 11.6 Å². The molecular formula is C12H15BrN2O3. The third-order valence-corrected chi connectivity index (χ3v) is 2.99. The first-order chi connectivity index (χ1) is 8.63. The fraction of sp³-hybridized carbons (Fsp3) is 0.417. The van der Waals surface area contributed by atoms with Gasteiger partial charge in [0, 0.05) is 30.4 Å². The Bertz CT molecular complexity index is 406. The standard InChI is InChI=1S/C12H15BrN2O3/c13-8-2-1-3-12(16)14-9-10-4-6-11(7-5-10)15(17)18/h4-7H,1-3,8-9H2,(H,14,16). The van der Waals surface area contributed by atoms with Crippen molar-refractivity contribution in [2.45, 2.75) is 25.8 Å². The van der Waals surface area contributed by atoms with Gasteiger partial charge in [0.1, 0.15) is 0 Å². The molecule has 0 saturated carbocycles. The molecule has 98 valence electrons. The molecule has 0 bridgehead atoms. The first kappa shape index (κ1) is 14.6. The molecule has 0 radical (unpaired) electrons. The third-order valence-electron chi connectivity index (χ3n) is 2.42. The number of amides is 1. The summed E-state index contributed by atoms with van der Waals surface area (Å²) in [4.78, 5) is 21.4. The summed E-state index contributed by atoms with van der Waals surface area (Å²) in [5, 5.41) is 14.1. The number of hydrogen-bond donors (Lipinski definition) is 1. The Morgan fingerprint density at radius 3 is 2.50 bits per heavy atom. The number of rotatable bonds is 7. The van der Waals surface area contributed by atoms with E-state index in [1.54, 1.807) is 12.1 Å². The normalized spacial score (nSPS) is 10.1. The van der Waals surface area contributed by atoms with Gasteiger partial charge in [0.15, 0.2) is 0 Å². The van der Waals surface area contributed by atoms with Gasteiger partial charge in [-0.15, -0.1) is 0 Å². The smallest absolute Gasteiger partial charge is 0.269 e. The number of halogens is 1. The zero-order valence-corrected chi connectivity index (χ0v) is 11.5. The minimum absolute atomic E-state index is 0.00861. The Hall–Kier alpha value is -1.43. The highest BCUT2D eigenvalue weighted by Crippen LogP contribution is 2.11. The second-order valence-corrected chi connectivity index (χ2v) is 4.64. The number of hydrogen-bond acceptors (Lipinski definition) is 3. The molecule has 0 aliphatic heterocycles. The molecule has 0 atom stereocenters. The number of nitrogens with zero attached hydrogens (tertiary/aromatic N) is 1. The number of unbranched alkanes of at least 4 members (excludes halogenated alkanes) is 1. The van der Waals surface area contributed by atoms with E-state index in [1.807, 2.05) is 0 Å². The summed E-state index contributed by atoms with van der Waals surface area (Å²) in [6.45, 7) is 0.408. The predicted molar refractivity (Wildman–Crippen MR) is 72.6 cm³/mol. The van der Waals surface area contributed by atoms with Gasteiger partial charge in [-0.1, -0.05) is 28.1 Å². The molecule has 1 aromatic rings. The number of non-ortho nitro benzene ring substituents is 1. The maximum atomic E-state index is 11.4. The van der Waals surface area contributed by atoms with Gasteiger partial charge in [0.2, 0.25) is 5.91 Å². The monoisotopic (exact) mass is 314 g/mol. The zero-order valence-electron chi connectivity index (χ0n) is 9.89. The number of alkyl halides is 1. The number of benzene rings is 1. The Morgan fingerprint density at radius 2 is 1.94 bits per heavy atom. The number of nitrogens with one attached hydrogen (secondary N) is 1. The molecule has 0 fully saturated rings. The lowest BCUT2D eigenvalue weighted by molar-refractivity contribution is -0.384. The largest absolute Gasteiger partial charge is 0.352 e. The van der Waals surface area contributed by atoms with Crippen molar-refractivity contribution in [2.75, 3.05) is 5.33 Å². The van der Waals surface area contributed by atoms with Crippen LogP contribution < -0.4 is 5.32 Å². The SMILES string of the molecule is O=C(CCCCBr)NCc1ccc([N+](=O)[O-])cc1. The lowest BCUT2D eigenvalue weighted by atomic mass is 10.2. The van der Waals surface area contributed by atoms with E-state index in [0.29, 0.717) is 13.0 Å². The van der Waals surface area contributed by atoms with Gasteiger partial charge in [-0.05, 0) is 18.4 Å². The fourth-order valence-corrected chi connectivity index (χ4v) is 1.80. The van der Waals surface area contributed by atoms with E-state index in [2.05, 4.69) is 21.2 Å². The molecule has 1 rings (SSSR count). The van der Waals surface area contributed by atoms with Crippen LogP contribution in [0, 0.1) is 10.1 Å². The highest BCUT2D eigenvalue weighted by molar-refractivity contribution is 9.09. The number of carbonyl (C=O) groups is 1. The van der Waals surface area contributed by atoms with Crippen molar-refractivity contribution in [3.63, 3.8) is 0 Å².